The number of hydroxylamine groups is 2. The van der Waals surface area contributed by atoms with Gasteiger partial charge in [-0.2, -0.15) is 8.42 Å². The molecule has 0 aromatic heterocycles. The summed E-state index contributed by atoms with van der Waals surface area (Å²) < 4.78 is 30.6. The molecule has 1 fully saturated rings. The van der Waals surface area contributed by atoms with Gasteiger partial charge in [-0.15, -0.1) is 5.06 Å². The smallest absolute Gasteiger partial charge is 0.337 e. The molecule has 104 valence electrons. The molecule has 1 amide bonds. The van der Waals surface area contributed by atoms with Crippen LogP contribution in [0.15, 0.2) is 0 Å². The fourth-order valence-electron chi connectivity index (χ4n) is 1.26. The molecule has 1 rings (SSSR count). The molecule has 1 heterocycles. The zero-order valence-electron chi connectivity index (χ0n) is 10.2. The van der Waals surface area contributed by atoms with Crippen LogP contribution in [0.2, 0.25) is 0 Å². The van der Waals surface area contributed by atoms with Crippen LogP contribution in [0.5, 0.6) is 0 Å². The highest BCUT2D eigenvalue weighted by Crippen LogP contribution is 2.26. The Bertz CT molecular complexity index is 464. The number of hydrogen-bond donors (Lipinski definition) is 2. The lowest BCUT2D eigenvalue weighted by Gasteiger charge is -2.24. The van der Waals surface area contributed by atoms with Crippen molar-refractivity contribution in [3.63, 3.8) is 0 Å². The van der Waals surface area contributed by atoms with E-state index >= 15 is 0 Å². The summed E-state index contributed by atoms with van der Waals surface area (Å²) >= 11 is 0. The van der Waals surface area contributed by atoms with Crippen molar-refractivity contribution in [3.05, 3.63) is 0 Å². The molecule has 18 heavy (non-hydrogen) atoms. The quantitative estimate of drug-likeness (QED) is 0.642. The molecule has 1 saturated heterocycles. The molecular formula is C9H15NO7S. The molecule has 0 aromatic carbocycles. The maximum Gasteiger partial charge on any atom is 0.337 e. The van der Waals surface area contributed by atoms with Gasteiger partial charge in [-0.25, -0.2) is 4.79 Å². The molecule has 0 aromatic rings. The van der Waals surface area contributed by atoms with E-state index in [9.17, 15) is 23.1 Å². The number of amides is 1. The zero-order valence-corrected chi connectivity index (χ0v) is 11.0. The molecule has 1 aliphatic heterocycles. The van der Waals surface area contributed by atoms with Crippen LogP contribution in [0.4, 0.5) is 0 Å². The van der Waals surface area contributed by atoms with E-state index in [0.717, 1.165) is 0 Å². The Balaban J connectivity index is 2.87. The van der Waals surface area contributed by atoms with E-state index in [4.69, 9.17) is 4.55 Å². The molecule has 0 saturated carbocycles. The highest BCUT2D eigenvalue weighted by molar-refractivity contribution is 7.86. The van der Waals surface area contributed by atoms with E-state index in [1.54, 1.807) is 0 Å². The summed E-state index contributed by atoms with van der Waals surface area (Å²) in [5, 5.41) is 8.13. The lowest BCUT2D eigenvalue weighted by Crippen LogP contribution is -2.42. The van der Waals surface area contributed by atoms with Gasteiger partial charge in [-0.3, -0.25) is 9.35 Å². The van der Waals surface area contributed by atoms with E-state index in [-0.39, 0.29) is 5.06 Å². The van der Waals surface area contributed by atoms with Crippen LogP contribution in [0.3, 0.4) is 0 Å². The Morgan fingerprint density at radius 3 is 2.28 bits per heavy atom. The molecule has 9 heteroatoms. The summed E-state index contributed by atoms with van der Waals surface area (Å²) in [5.74, 6) is -1.69. The Morgan fingerprint density at radius 1 is 1.44 bits per heavy atom. The first-order valence-corrected chi connectivity index (χ1v) is 6.63. The summed E-state index contributed by atoms with van der Waals surface area (Å²) in [5.41, 5.74) is -0.920. The standard InChI is InChI=1S/C9H15NO7S/c1-9(2,3)8(13)17-10-6(11)4-5(7(10)12)18(14,15)16/h5,7,12H,4H2,1-3H3,(H,14,15,16). The molecule has 2 unspecified atom stereocenters. The Kier molecular flexibility index (Phi) is 3.70. The number of nitrogens with zero attached hydrogens (tertiary/aromatic N) is 1. The lowest BCUT2D eigenvalue weighted by atomic mass is 9.98. The van der Waals surface area contributed by atoms with E-state index in [0.29, 0.717) is 0 Å². The van der Waals surface area contributed by atoms with Gasteiger partial charge in [0.25, 0.3) is 16.0 Å². The number of rotatable bonds is 2. The largest absolute Gasteiger partial charge is 0.369 e. The lowest BCUT2D eigenvalue weighted by molar-refractivity contribution is -0.226. The number of aliphatic hydroxyl groups excluding tert-OH is 1. The molecule has 2 N–H and O–H groups in total. The molecule has 2 atom stereocenters. The maximum absolute atomic E-state index is 11.5. The van der Waals surface area contributed by atoms with Gasteiger partial charge in [-0.05, 0) is 20.8 Å². The van der Waals surface area contributed by atoms with Crippen LogP contribution >= 0.6 is 0 Å². The van der Waals surface area contributed by atoms with Crippen molar-refractivity contribution in [2.45, 2.75) is 38.7 Å². The van der Waals surface area contributed by atoms with Crippen LogP contribution in [-0.4, -0.2) is 46.5 Å². The second-order valence-electron chi connectivity index (χ2n) is 5.02. The first kappa shape index (κ1) is 14.9. The SMILES string of the molecule is CC(C)(C)C(=O)ON1C(=O)CC(S(=O)(=O)O)C1O. The molecule has 1 aliphatic rings. The predicted octanol–water partition coefficient (Wildman–Crippen LogP) is -0.702. The van der Waals surface area contributed by atoms with Gasteiger partial charge in [0.2, 0.25) is 0 Å². The van der Waals surface area contributed by atoms with Gasteiger partial charge in [0.15, 0.2) is 6.23 Å². The van der Waals surface area contributed by atoms with Gasteiger partial charge in [-0.1, -0.05) is 0 Å². The molecule has 8 nitrogen and oxygen atoms in total. The zero-order chi connectivity index (χ0) is 14.3. The topological polar surface area (TPSA) is 121 Å². The minimum atomic E-state index is -4.59. The summed E-state index contributed by atoms with van der Waals surface area (Å²) in [4.78, 5) is 27.6. The van der Waals surface area contributed by atoms with Gasteiger partial charge in [0.05, 0.1) is 11.8 Å². The normalized spacial score (nSPS) is 25.4. The highest BCUT2D eigenvalue weighted by Gasteiger charge is 2.48. The van der Waals surface area contributed by atoms with E-state index in [1.807, 2.05) is 0 Å². The van der Waals surface area contributed by atoms with Crippen molar-refractivity contribution < 1.29 is 32.5 Å². The highest BCUT2D eigenvalue weighted by atomic mass is 32.2. The van der Waals surface area contributed by atoms with Gasteiger partial charge >= 0.3 is 5.97 Å². The number of hydrogen-bond acceptors (Lipinski definition) is 6. The summed E-state index contributed by atoms with van der Waals surface area (Å²) in [6.45, 7) is 4.59. The molecule has 0 radical (unpaired) electrons. The first-order valence-electron chi connectivity index (χ1n) is 5.13. The summed E-state index contributed by atoms with van der Waals surface area (Å²) in [6.07, 6.45) is -2.55. The third-order valence-corrected chi connectivity index (χ3v) is 3.55. The average molecular weight is 281 g/mol. The predicted molar refractivity (Wildman–Crippen MR) is 58.4 cm³/mol. The summed E-state index contributed by atoms with van der Waals surface area (Å²) in [7, 11) is -4.59. The minimum Gasteiger partial charge on any atom is -0.369 e. The Morgan fingerprint density at radius 2 is 1.94 bits per heavy atom. The third-order valence-electron chi connectivity index (χ3n) is 2.37. The fraction of sp³-hybridized carbons (Fsp3) is 0.778. The summed E-state index contributed by atoms with van der Waals surface area (Å²) in [6, 6.07) is 0. The van der Waals surface area contributed by atoms with E-state index in [1.165, 1.54) is 20.8 Å². The van der Waals surface area contributed by atoms with Crippen LogP contribution in [0.1, 0.15) is 27.2 Å². The Hall–Kier alpha value is -1.19. The molecule has 0 bridgehead atoms. The second-order valence-corrected chi connectivity index (χ2v) is 6.65. The van der Waals surface area contributed by atoms with Crippen molar-refractivity contribution in [3.8, 4) is 0 Å². The van der Waals surface area contributed by atoms with Crippen molar-refractivity contribution in [1.29, 1.82) is 0 Å². The molecule has 0 spiro atoms. The van der Waals surface area contributed by atoms with Crippen LogP contribution in [-0.2, 0) is 24.5 Å². The van der Waals surface area contributed by atoms with E-state index in [2.05, 4.69) is 4.84 Å². The van der Waals surface area contributed by atoms with Crippen LogP contribution in [0, 0.1) is 5.41 Å². The van der Waals surface area contributed by atoms with Crippen molar-refractivity contribution in [2.75, 3.05) is 0 Å². The number of carbonyl (C=O) groups is 2. The minimum absolute atomic E-state index is 0.284. The van der Waals surface area contributed by atoms with Crippen LogP contribution in [0.25, 0.3) is 0 Å². The van der Waals surface area contributed by atoms with Gasteiger partial charge < -0.3 is 9.94 Å². The fourth-order valence-corrected chi connectivity index (χ4v) is 2.03. The van der Waals surface area contributed by atoms with Gasteiger partial charge in [0, 0.05) is 0 Å². The van der Waals surface area contributed by atoms with Gasteiger partial charge in [0.1, 0.15) is 5.25 Å². The first-order chi connectivity index (χ1) is 7.94. The van der Waals surface area contributed by atoms with Crippen molar-refractivity contribution in [2.24, 2.45) is 5.41 Å². The molecular weight excluding hydrogens is 266 g/mol. The third kappa shape index (κ3) is 2.98. The number of aliphatic hydroxyl groups is 1. The molecule has 0 aliphatic carbocycles. The Labute approximate surface area is 104 Å². The average Bonchev–Trinajstić information content (AvgIpc) is 2.43. The van der Waals surface area contributed by atoms with Crippen molar-refractivity contribution in [1.82, 2.24) is 5.06 Å². The van der Waals surface area contributed by atoms with E-state index < -0.39 is 45.3 Å². The van der Waals surface area contributed by atoms with Crippen molar-refractivity contribution >= 4 is 22.0 Å². The maximum atomic E-state index is 11.5. The number of carbonyl (C=O) groups excluding carboxylic acids is 2. The second kappa shape index (κ2) is 4.48. The van der Waals surface area contributed by atoms with Crippen LogP contribution < -0.4 is 0 Å². The monoisotopic (exact) mass is 281 g/mol.